The molecule has 0 unspecified atom stereocenters. The maximum Gasteiger partial charge on any atom is 0.252 e. The van der Waals surface area contributed by atoms with E-state index in [4.69, 9.17) is 0 Å². The Kier molecular flexibility index (Phi) is 5.40. The predicted octanol–water partition coefficient (Wildman–Crippen LogP) is 3.60. The van der Waals surface area contributed by atoms with E-state index < -0.39 is 0 Å². The number of fused-ring (bicyclic) bond motifs is 1. The first-order chi connectivity index (χ1) is 13.2. The minimum Gasteiger partial charge on any atom is -0.350 e. The number of hydrogen-bond acceptors (Lipinski definition) is 5. The van der Waals surface area contributed by atoms with Crippen molar-refractivity contribution in [1.29, 1.82) is 0 Å². The van der Waals surface area contributed by atoms with Crippen LogP contribution in [0.3, 0.4) is 0 Å². The van der Waals surface area contributed by atoms with E-state index in [2.05, 4.69) is 15.6 Å². The van der Waals surface area contributed by atoms with E-state index in [1.54, 1.807) is 17.4 Å². The highest BCUT2D eigenvalue weighted by Gasteiger charge is 2.25. The Morgan fingerprint density at radius 2 is 2.04 bits per heavy atom. The summed E-state index contributed by atoms with van der Waals surface area (Å²) in [5.74, 6) is 0.146. The van der Waals surface area contributed by atoms with Crippen molar-refractivity contribution in [1.82, 2.24) is 15.6 Å². The van der Waals surface area contributed by atoms with Gasteiger partial charge in [0, 0.05) is 16.3 Å². The molecule has 27 heavy (non-hydrogen) atoms. The number of benzene rings is 1. The number of nitrogens with one attached hydrogen (secondary N) is 2. The van der Waals surface area contributed by atoms with Crippen molar-refractivity contribution in [3.05, 3.63) is 58.3 Å². The highest BCUT2D eigenvalue weighted by Crippen LogP contribution is 2.26. The summed E-state index contributed by atoms with van der Waals surface area (Å²) in [4.78, 5) is 30.4. The predicted molar refractivity (Wildman–Crippen MR) is 109 cm³/mol. The largest absolute Gasteiger partial charge is 0.350 e. The molecule has 138 valence electrons. The third-order valence-electron chi connectivity index (χ3n) is 4.24. The van der Waals surface area contributed by atoms with Gasteiger partial charge in [-0.05, 0) is 36.4 Å². The minimum atomic E-state index is -0.0694. The van der Waals surface area contributed by atoms with Crippen molar-refractivity contribution in [2.75, 3.05) is 5.75 Å². The number of pyridine rings is 1. The minimum absolute atomic E-state index is 0.0488. The average molecular weight is 398 g/mol. The van der Waals surface area contributed by atoms with Crippen LogP contribution in [0, 0.1) is 0 Å². The van der Waals surface area contributed by atoms with Gasteiger partial charge in [-0.15, -0.1) is 11.3 Å². The van der Waals surface area contributed by atoms with Gasteiger partial charge in [0.1, 0.15) is 0 Å². The second-order valence-electron chi connectivity index (χ2n) is 6.42. The van der Waals surface area contributed by atoms with Gasteiger partial charge in [-0.25, -0.2) is 4.98 Å². The second kappa shape index (κ2) is 8.10. The number of amides is 2. The van der Waals surface area contributed by atoms with Crippen LogP contribution in [0.25, 0.3) is 10.9 Å². The summed E-state index contributed by atoms with van der Waals surface area (Å²) >= 11 is 2.96. The Hall–Kier alpha value is -2.38. The average Bonchev–Trinajstić information content (AvgIpc) is 3.34. The molecule has 2 amide bonds. The van der Waals surface area contributed by atoms with Gasteiger partial charge >= 0.3 is 0 Å². The lowest BCUT2D eigenvalue weighted by Gasteiger charge is -2.10. The van der Waals surface area contributed by atoms with Crippen molar-refractivity contribution in [3.63, 3.8) is 0 Å². The molecule has 1 saturated carbocycles. The van der Waals surface area contributed by atoms with Gasteiger partial charge in [0.25, 0.3) is 5.91 Å². The van der Waals surface area contributed by atoms with Crippen LogP contribution >= 0.6 is 23.1 Å². The van der Waals surface area contributed by atoms with Crippen molar-refractivity contribution >= 4 is 45.8 Å². The van der Waals surface area contributed by atoms with E-state index in [0.29, 0.717) is 23.2 Å². The van der Waals surface area contributed by atoms with Gasteiger partial charge in [0.15, 0.2) is 0 Å². The zero-order valence-electron chi connectivity index (χ0n) is 14.6. The zero-order chi connectivity index (χ0) is 18.6. The summed E-state index contributed by atoms with van der Waals surface area (Å²) < 4.78 is 0. The molecule has 1 aliphatic rings. The van der Waals surface area contributed by atoms with Gasteiger partial charge in [-0.2, -0.15) is 0 Å². The molecule has 2 aromatic heterocycles. The number of nitrogens with zero attached hydrogens (tertiary/aromatic N) is 1. The maximum absolute atomic E-state index is 12.6. The van der Waals surface area contributed by atoms with Crippen LogP contribution in [0.15, 0.2) is 52.9 Å². The van der Waals surface area contributed by atoms with Crippen LogP contribution in [-0.2, 0) is 11.3 Å². The highest BCUT2D eigenvalue weighted by molar-refractivity contribution is 7.99. The standard InChI is InChI=1S/C20H19N3O2S2/c24-18(21-11-14-4-3-9-26-14)12-27-19-10-16(20(25)22-13-7-8-13)15-5-1-2-6-17(15)23-19/h1-6,9-10,13H,7-8,11-12H2,(H,21,24)(H,22,25). The Balaban J connectivity index is 1.46. The highest BCUT2D eigenvalue weighted by atomic mass is 32.2. The Bertz CT molecular complexity index is 969. The van der Waals surface area contributed by atoms with Crippen LogP contribution in [-0.4, -0.2) is 28.6 Å². The lowest BCUT2D eigenvalue weighted by Crippen LogP contribution is -2.26. The number of para-hydroxylation sites is 1. The van der Waals surface area contributed by atoms with Gasteiger partial charge in [-0.1, -0.05) is 36.0 Å². The molecule has 0 bridgehead atoms. The molecule has 7 heteroatoms. The number of carbonyl (C=O) groups is 2. The third kappa shape index (κ3) is 4.67. The van der Waals surface area contributed by atoms with E-state index >= 15 is 0 Å². The molecule has 0 radical (unpaired) electrons. The first-order valence-electron chi connectivity index (χ1n) is 8.81. The van der Waals surface area contributed by atoms with E-state index in [-0.39, 0.29) is 17.6 Å². The molecule has 2 N–H and O–H groups in total. The molecule has 0 saturated heterocycles. The summed E-state index contributed by atoms with van der Waals surface area (Å²) in [7, 11) is 0. The van der Waals surface area contributed by atoms with Crippen LogP contribution in [0.2, 0.25) is 0 Å². The Morgan fingerprint density at radius 3 is 2.81 bits per heavy atom. The molecule has 5 nitrogen and oxygen atoms in total. The number of thiophene rings is 1. The number of thioether (sulfide) groups is 1. The van der Waals surface area contributed by atoms with Crippen LogP contribution in [0.4, 0.5) is 0 Å². The van der Waals surface area contributed by atoms with Gasteiger partial charge in [0.05, 0.1) is 28.4 Å². The molecule has 2 heterocycles. The van der Waals surface area contributed by atoms with E-state index in [1.165, 1.54) is 11.8 Å². The lowest BCUT2D eigenvalue weighted by atomic mass is 10.1. The van der Waals surface area contributed by atoms with Crippen molar-refractivity contribution < 1.29 is 9.59 Å². The fourth-order valence-corrected chi connectivity index (χ4v) is 4.08. The first kappa shape index (κ1) is 18.0. The molecular formula is C20H19N3O2S2. The summed E-state index contributed by atoms with van der Waals surface area (Å²) in [6.07, 6.45) is 2.08. The molecule has 1 aromatic carbocycles. The molecule has 4 rings (SSSR count). The number of hydrogen-bond donors (Lipinski definition) is 2. The lowest BCUT2D eigenvalue weighted by molar-refractivity contribution is -0.118. The fraction of sp³-hybridized carbons (Fsp3) is 0.250. The molecular weight excluding hydrogens is 378 g/mol. The normalized spacial score (nSPS) is 13.5. The summed E-state index contributed by atoms with van der Waals surface area (Å²) in [5.41, 5.74) is 1.39. The molecule has 3 aromatic rings. The fourth-order valence-electron chi connectivity index (χ4n) is 2.69. The second-order valence-corrected chi connectivity index (χ2v) is 8.45. The van der Waals surface area contributed by atoms with E-state index in [0.717, 1.165) is 28.6 Å². The number of carbonyl (C=O) groups excluding carboxylic acids is 2. The van der Waals surface area contributed by atoms with E-state index in [1.807, 2.05) is 41.8 Å². The maximum atomic E-state index is 12.6. The monoisotopic (exact) mass is 397 g/mol. The summed E-state index contributed by atoms with van der Waals surface area (Å²) in [6.45, 7) is 0.539. The zero-order valence-corrected chi connectivity index (χ0v) is 16.2. The van der Waals surface area contributed by atoms with Gasteiger partial charge in [-0.3, -0.25) is 9.59 Å². The summed E-state index contributed by atoms with van der Waals surface area (Å²) in [6, 6.07) is 13.7. The molecule has 0 atom stereocenters. The smallest absolute Gasteiger partial charge is 0.252 e. The SMILES string of the molecule is O=C(CSc1cc(C(=O)NC2CC2)c2ccccc2n1)NCc1cccs1. The van der Waals surface area contributed by atoms with Gasteiger partial charge < -0.3 is 10.6 Å². The van der Waals surface area contributed by atoms with Crippen molar-refractivity contribution in [3.8, 4) is 0 Å². The van der Waals surface area contributed by atoms with Crippen LogP contribution in [0.1, 0.15) is 28.1 Å². The quantitative estimate of drug-likeness (QED) is 0.598. The number of rotatable bonds is 7. The number of aromatic nitrogens is 1. The molecule has 0 aliphatic heterocycles. The molecule has 1 aliphatic carbocycles. The molecule has 1 fully saturated rings. The van der Waals surface area contributed by atoms with Crippen molar-refractivity contribution in [2.45, 2.75) is 30.5 Å². The molecule has 0 spiro atoms. The van der Waals surface area contributed by atoms with Gasteiger partial charge in [0.2, 0.25) is 5.91 Å². The Labute approximate surface area is 165 Å². The third-order valence-corrected chi connectivity index (χ3v) is 6.03. The Morgan fingerprint density at radius 1 is 1.19 bits per heavy atom. The first-order valence-corrected chi connectivity index (χ1v) is 10.7. The van der Waals surface area contributed by atoms with Crippen LogP contribution in [0.5, 0.6) is 0 Å². The van der Waals surface area contributed by atoms with E-state index in [9.17, 15) is 9.59 Å². The van der Waals surface area contributed by atoms with Crippen molar-refractivity contribution in [2.24, 2.45) is 0 Å². The topological polar surface area (TPSA) is 71.1 Å². The summed E-state index contributed by atoms with van der Waals surface area (Å²) in [5, 5.41) is 9.45. The van der Waals surface area contributed by atoms with Crippen LogP contribution < -0.4 is 10.6 Å².